The number of nitrogens with two attached hydrogens (primary N) is 1. The van der Waals surface area contributed by atoms with Crippen LogP contribution in [0.5, 0.6) is 0 Å². The number of benzene rings is 1. The SMILES string of the molecule is COC(C)(C)CCOCc1ccccc1C(=N)N. The molecule has 0 saturated carbocycles. The van der Waals surface area contributed by atoms with Crippen molar-refractivity contribution >= 4 is 5.84 Å². The van der Waals surface area contributed by atoms with E-state index in [1.807, 2.05) is 38.1 Å². The minimum atomic E-state index is -0.167. The molecule has 0 bridgehead atoms. The first-order valence-electron chi connectivity index (χ1n) is 6.01. The Bertz CT molecular complexity index is 403. The van der Waals surface area contributed by atoms with Crippen molar-refractivity contribution in [3.63, 3.8) is 0 Å². The largest absolute Gasteiger partial charge is 0.384 e. The molecule has 0 unspecified atom stereocenters. The van der Waals surface area contributed by atoms with Crippen LogP contribution in [0.4, 0.5) is 0 Å². The molecule has 0 heterocycles. The summed E-state index contributed by atoms with van der Waals surface area (Å²) >= 11 is 0. The Morgan fingerprint density at radius 3 is 2.61 bits per heavy atom. The average Bonchev–Trinajstić information content (AvgIpc) is 2.35. The molecule has 1 aromatic rings. The number of methoxy groups -OCH3 is 1. The highest BCUT2D eigenvalue weighted by Gasteiger charge is 2.15. The monoisotopic (exact) mass is 250 g/mol. The van der Waals surface area contributed by atoms with Crippen molar-refractivity contribution in [1.82, 2.24) is 0 Å². The molecule has 0 aliphatic rings. The number of nitrogens with one attached hydrogen (secondary N) is 1. The van der Waals surface area contributed by atoms with Gasteiger partial charge in [0.05, 0.1) is 12.2 Å². The molecule has 0 aromatic heterocycles. The third kappa shape index (κ3) is 4.47. The topological polar surface area (TPSA) is 68.3 Å². The number of hydrogen-bond acceptors (Lipinski definition) is 3. The molecule has 1 aromatic carbocycles. The van der Waals surface area contributed by atoms with Crippen LogP contribution in [-0.4, -0.2) is 25.2 Å². The van der Waals surface area contributed by atoms with Gasteiger partial charge in [-0.25, -0.2) is 0 Å². The molecule has 18 heavy (non-hydrogen) atoms. The predicted octanol–water partition coefficient (Wildman–Crippen LogP) is 2.30. The Labute approximate surface area is 109 Å². The van der Waals surface area contributed by atoms with Gasteiger partial charge in [0.2, 0.25) is 0 Å². The van der Waals surface area contributed by atoms with E-state index in [1.165, 1.54) is 0 Å². The molecule has 0 saturated heterocycles. The van der Waals surface area contributed by atoms with E-state index in [9.17, 15) is 0 Å². The minimum absolute atomic E-state index is 0.0754. The van der Waals surface area contributed by atoms with Gasteiger partial charge in [-0.1, -0.05) is 24.3 Å². The maximum absolute atomic E-state index is 7.49. The summed E-state index contributed by atoms with van der Waals surface area (Å²) in [5, 5.41) is 7.49. The Hall–Kier alpha value is -1.39. The quantitative estimate of drug-likeness (QED) is 0.443. The maximum atomic E-state index is 7.49. The number of rotatable bonds is 7. The van der Waals surface area contributed by atoms with Gasteiger partial charge in [-0.05, 0) is 25.8 Å². The van der Waals surface area contributed by atoms with Crippen molar-refractivity contribution < 1.29 is 9.47 Å². The molecular weight excluding hydrogens is 228 g/mol. The molecule has 1 rings (SSSR count). The summed E-state index contributed by atoms with van der Waals surface area (Å²) in [4.78, 5) is 0. The van der Waals surface area contributed by atoms with E-state index in [0.29, 0.717) is 13.2 Å². The lowest BCUT2D eigenvalue weighted by atomic mass is 10.1. The number of hydrogen-bond donors (Lipinski definition) is 2. The van der Waals surface area contributed by atoms with E-state index >= 15 is 0 Å². The molecule has 3 N–H and O–H groups in total. The summed E-state index contributed by atoms with van der Waals surface area (Å²) in [5.41, 5.74) is 7.03. The fraction of sp³-hybridized carbons (Fsp3) is 0.500. The summed E-state index contributed by atoms with van der Waals surface area (Å²) in [7, 11) is 1.70. The highest BCUT2D eigenvalue weighted by atomic mass is 16.5. The van der Waals surface area contributed by atoms with E-state index in [2.05, 4.69) is 0 Å². The molecule has 4 nitrogen and oxygen atoms in total. The van der Waals surface area contributed by atoms with Gasteiger partial charge >= 0.3 is 0 Å². The second kappa shape index (κ2) is 6.52. The lowest BCUT2D eigenvalue weighted by molar-refractivity contribution is -0.0124. The molecule has 0 aliphatic carbocycles. The van der Waals surface area contributed by atoms with Gasteiger partial charge < -0.3 is 15.2 Å². The highest BCUT2D eigenvalue weighted by molar-refractivity contribution is 5.96. The standard InChI is InChI=1S/C14H22N2O2/c1-14(2,17-3)8-9-18-10-11-6-4-5-7-12(11)13(15)16/h4-7H,8-10H2,1-3H3,(H3,15,16). The van der Waals surface area contributed by atoms with Gasteiger partial charge in [0, 0.05) is 19.3 Å². The van der Waals surface area contributed by atoms with Gasteiger partial charge in [-0.15, -0.1) is 0 Å². The molecule has 0 aliphatic heterocycles. The lowest BCUT2D eigenvalue weighted by Gasteiger charge is -2.22. The summed E-state index contributed by atoms with van der Waals surface area (Å²) in [6.07, 6.45) is 0.825. The summed E-state index contributed by atoms with van der Waals surface area (Å²) in [5.74, 6) is 0.0754. The Kier molecular flexibility index (Phi) is 5.31. The van der Waals surface area contributed by atoms with Crippen LogP contribution in [0.25, 0.3) is 0 Å². The first-order valence-corrected chi connectivity index (χ1v) is 6.01. The zero-order chi connectivity index (χ0) is 13.6. The van der Waals surface area contributed by atoms with Gasteiger partial charge in [0.1, 0.15) is 5.84 Å². The van der Waals surface area contributed by atoms with E-state index in [4.69, 9.17) is 20.6 Å². The second-order valence-electron chi connectivity index (χ2n) is 4.84. The van der Waals surface area contributed by atoms with Gasteiger partial charge in [0.25, 0.3) is 0 Å². The number of nitrogen functional groups attached to an aromatic ring is 1. The van der Waals surface area contributed by atoms with Crippen LogP contribution >= 0.6 is 0 Å². The van der Waals surface area contributed by atoms with Crippen LogP contribution in [0, 0.1) is 5.41 Å². The maximum Gasteiger partial charge on any atom is 0.123 e. The van der Waals surface area contributed by atoms with Crippen molar-refractivity contribution in [3.05, 3.63) is 35.4 Å². The first-order chi connectivity index (χ1) is 8.46. The molecule has 0 spiro atoms. The van der Waals surface area contributed by atoms with E-state index in [1.54, 1.807) is 7.11 Å². The van der Waals surface area contributed by atoms with Crippen molar-refractivity contribution in [2.75, 3.05) is 13.7 Å². The van der Waals surface area contributed by atoms with Crippen molar-refractivity contribution in [2.45, 2.75) is 32.5 Å². The van der Waals surface area contributed by atoms with Crippen molar-refractivity contribution in [2.24, 2.45) is 5.73 Å². The molecular formula is C14H22N2O2. The Balaban J connectivity index is 2.47. The summed E-state index contributed by atoms with van der Waals surface area (Å²) in [6, 6.07) is 7.55. The fourth-order valence-corrected chi connectivity index (χ4v) is 1.51. The Morgan fingerprint density at radius 2 is 2.00 bits per heavy atom. The van der Waals surface area contributed by atoms with Crippen LogP contribution < -0.4 is 5.73 Å². The molecule has 100 valence electrons. The zero-order valence-electron chi connectivity index (χ0n) is 11.3. The number of ether oxygens (including phenoxy) is 2. The van der Waals surface area contributed by atoms with E-state index < -0.39 is 0 Å². The van der Waals surface area contributed by atoms with Crippen LogP contribution in [0.15, 0.2) is 24.3 Å². The second-order valence-corrected chi connectivity index (χ2v) is 4.84. The normalized spacial score (nSPS) is 11.5. The third-order valence-corrected chi connectivity index (χ3v) is 2.97. The fourth-order valence-electron chi connectivity index (χ4n) is 1.51. The zero-order valence-corrected chi connectivity index (χ0v) is 11.3. The van der Waals surface area contributed by atoms with Gasteiger partial charge in [-0.3, -0.25) is 5.41 Å². The lowest BCUT2D eigenvalue weighted by Crippen LogP contribution is -2.24. The third-order valence-electron chi connectivity index (χ3n) is 2.97. The van der Waals surface area contributed by atoms with E-state index in [0.717, 1.165) is 17.5 Å². The molecule has 0 amide bonds. The van der Waals surface area contributed by atoms with Crippen LogP contribution in [-0.2, 0) is 16.1 Å². The number of amidine groups is 1. The molecule has 4 heteroatoms. The minimum Gasteiger partial charge on any atom is -0.384 e. The smallest absolute Gasteiger partial charge is 0.123 e. The Morgan fingerprint density at radius 1 is 1.33 bits per heavy atom. The molecule has 0 fully saturated rings. The first kappa shape index (κ1) is 14.7. The van der Waals surface area contributed by atoms with Gasteiger partial charge in [-0.2, -0.15) is 0 Å². The van der Waals surface area contributed by atoms with Crippen LogP contribution in [0.3, 0.4) is 0 Å². The predicted molar refractivity (Wildman–Crippen MR) is 72.8 cm³/mol. The van der Waals surface area contributed by atoms with Crippen LogP contribution in [0.2, 0.25) is 0 Å². The van der Waals surface area contributed by atoms with E-state index in [-0.39, 0.29) is 11.4 Å². The summed E-state index contributed by atoms with van der Waals surface area (Å²) < 4.78 is 10.9. The highest BCUT2D eigenvalue weighted by Crippen LogP contribution is 2.14. The van der Waals surface area contributed by atoms with Crippen molar-refractivity contribution in [1.29, 1.82) is 5.41 Å². The molecule has 0 atom stereocenters. The molecule has 0 radical (unpaired) electrons. The van der Waals surface area contributed by atoms with Crippen LogP contribution in [0.1, 0.15) is 31.4 Å². The average molecular weight is 250 g/mol. The van der Waals surface area contributed by atoms with Crippen molar-refractivity contribution in [3.8, 4) is 0 Å². The van der Waals surface area contributed by atoms with Gasteiger partial charge in [0.15, 0.2) is 0 Å². The summed E-state index contributed by atoms with van der Waals surface area (Å²) in [6.45, 7) is 5.14.